The average Bonchev–Trinajstić information content (AvgIpc) is 1.77. The smallest absolute Gasteiger partial charge is 0.0722 e. The first-order valence-corrected chi connectivity index (χ1v) is 2.91. The number of hydrogen-bond acceptors (Lipinski definition) is 2. The molecule has 46 valence electrons. The van der Waals surface area contributed by atoms with Gasteiger partial charge < -0.3 is 10.8 Å². The Labute approximate surface area is 49.0 Å². The second-order valence-electron chi connectivity index (χ2n) is 2.19. The molecule has 0 amide bonds. The molecule has 0 saturated heterocycles. The van der Waals surface area contributed by atoms with Crippen molar-refractivity contribution in [2.75, 3.05) is 0 Å². The van der Waals surface area contributed by atoms with Crippen LogP contribution in [0.15, 0.2) is 12.2 Å². The van der Waals surface area contributed by atoms with Gasteiger partial charge >= 0.3 is 0 Å². The maximum Gasteiger partial charge on any atom is 0.0722 e. The Balaban J connectivity index is 2.42. The molecule has 0 aliphatic heterocycles. The highest BCUT2D eigenvalue weighted by Crippen LogP contribution is 2.08. The van der Waals surface area contributed by atoms with Crippen LogP contribution in [0.5, 0.6) is 0 Å². The van der Waals surface area contributed by atoms with Crippen LogP contribution in [0, 0.1) is 0 Å². The van der Waals surface area contributed by atoms with Crippen molar-refractivity contribution in [1.29, 1.82) is 0 Å². The zero-order valence-electron chi connectivity index (χ0n) is 4.75. The number of rotatable bonds is 0. The highest BCUT2D eigenvalue weighted by Gasteiger charge is 2.08. The van der Waals surface area contributed by atoms with E-state index in [1.165, 1.54) is 0 Å². The van der Waals surface area contributed by atoms with Crippen LogP contribution in [0.3, 0.4) is 0 Å². The van der Waals surface area contributed by atoms with Gasteiger partial charge in [-0.1, -0.05) is 12.2 Å². The number of aliphatic hydroxyl groups is 1. The molecule has 1 aliphatic carbocycles. The van der Waals surface area contributed by atoms with Crippen molar-refractivity contribution < 1.29 is 5.11 Å². The largest absolute Gasteiger partial charge is 0.389 e. The van der Waals surface area contributed by atoms with E-state index in [2.05, 4.69) is 0 Å². The molecule has 0 aromatic rings. The van der Waals surface area contributed by atoms with Crippen molar-refractivity contribution in [1.82, 2.24) is 0 Å². The van der Waals surface area contributed by atoms with Crippen molar-refractivity contribution in [3.63, 3.8) is 0 Å². The van der Waals surface area contributed by atoms with Gasteiger partial charge in [-0.2, -0.15) is 0 Å². The monoisotopic (exact) mass is 113 g/mol. The summed E-state index contributed by atoms with van der Waals surface area (Å²) in [6.07, 6.45) is 5.10. The summed E-state index contributed by atoms with van der Waals surface area (Å²) in [5.41, 5.74) is 5.50. The van der Waals surface area contributed by atoms with Crippen LogP contribution in [-0.2, 0) is 0 Å². The molecule has 0 saturated carbocycles. The van der Waals surface area contributed by atoms with E-state index >= 15 is 0 Å². The van der Waals surface area contributed by atoms with Crippen LogP contribution in [0.1, 0.15) is 12.8 Å². The van der Waals surface area contributed by atoms with E-state index in [-0.39, 0.29) is 12.1 Å². The van der Waals surface area contributed by atoms with Crippen LogP contribution in [0.2, 0.25) is 0 Å². The summed E-state index contributed by atoms with van der Waals surface area (Å²) < 4.78 is 0. The Morgan fingerprint density at radius 3 is 2.50 bits per heavy atom. The number of nitrogens with two attached hydrogens (primary N) is 1. The summed E-state index contributed by atoms with van der Waals surface area (Å²) in [7, 11) is 0. The third-order valence-electron chi connectivity index (χ3n) is 1.38. The van der Waals surface area contributed by atoms with Crippen molar-refractivity contribution in [2.24, 2.45) is 5.73 Å². The molecule has 0 aromatic carbocycles. The lowest BCUT2D eigenvalue weighted by Crippen LogP contribution is -2.23. The van der Waals surface area contributed by atoms with E-state index < -0.39 is 0 Å². The van der Waals surface area contributed by atoms with E-state index in [1.807, 2.05) is 6.08 Å². The predicted octanol–water partition coefficient (Wildman–Crippen LogP) is 0.0246. The second-order valence-corrected chi connectivity index (χ2v) is 2.19. The lowest BCUT2D eigenvalue weighted by atomic mass is 10.0. The zero-order chi connectivity index (χ0) is 5.98. The first-order valence-electron chi connectivity index (χ1n) is 2.91. The molecule has 8 heavy (non-hydrogen) atoms. The molecular weight excluding hydrogens is 102 g/mol. The molecule has 0 fully saturated rings. The van der Waals surface area contributed by atoms with E-state index in [1.54, 1.807) is 6.08 Å². The average molecular weight is 113 g/mol. The molecule has 0 bridgehead atoms. The Kier molecular flexibility index (Phi) is 1.65. The van der Waals surface area contributed by atoms with Crippen molar-refractivity contribution in [2.45, 2.75) is 25.0 Å². The van der Waals surface area contributed by atoms with Crippen molar-refractivity contribution >= 4 is 0 Å². The van der Waals surface area contributed by atoms with Crippen LogP contribution < -0.4 is 5.73 Å². The molecule has 1 rings (SSSR count). The van der Waals surface area contributed by atoms with E-state index in [0.717, 1.165) is 12.8 Å². The number of hydrogen-bond donors (Lipinski definition) is 2. The normalized spacial score (nSPS) is 37.8. The third-order valence-corrected chi connectivity index (χ3v) is 1.38. The zero-order valence-corrected chi connectivity index (χ0v) is 4.75. The quantitative estimate of drug-likeness (QED) is 0.435. The maximum atomic E-state index is 8.88. The summed E-state index contributed by atoms with van der Waals surface area (Å²) in [5.74, 6) is 0. The van der Waals surface area contributed by atoms with Gasteiger partial charge in [-0.05, 0) is 12.8 Å². The van der Waals surface area contributed by atoms with Crippen molar-refractivity contribution in [3.05, 3.63) is 12.2 Å². The van der Waals surface area contributed by atoms with Gasteiger partial charge in [0.2, 0.25) is 0 Å². The lowest BCUT2D eigenvalue weighted by molar-refractivity contribution is 0.201. The molecule has 1 unspecified atom stereocenters. The predicted molar refractivity (Wildman–Crippen MR) is 32.4 cm³/mol. The molecule has 2 heteroatoms. The van der Waals surface area contributed by atoms with Gasteiger partial charge in [0.25, 0.3) is 0 Å². The molecule has 2 atom stereocenters. The van der Waals surface area contributed by atoms with Crippen LogP contribution in [0.4, 0.5) is 0 Å². The van der Waals surface area contributed by atoms with Gasteiger partial charge in [0.05, 0.1) is 6.10 Å². The minimum atomic E-state index is -0.241. The summed E-state index contributed by atoms with van der Waals surface area (Å²) in [4.78, 5) is 0. The second kappa shape index (κ2) is 2.29. The number of aliphatic hydroxyl groups excluding tert-OH is 1. The van der Waals surface area contributed by atoms with Gasteiger partial charge in [0.1, 0.15) is 0 Å². The third kappa shape index (κ3) is 1.32. The highest BCUT2D eigenvalue weighted by molar-refractivity contribution is 5.00. The fourth-order valence-electron chi connectivity index (χ4n) is 0.827. The Bertz CT molecular complexity index is 88.7. The fraction of sp³-hybridized carbons (Fsp3) is 0.667. The molecule has 0 radical (unpaired) electrons. The van der Waals surface area contributed by atoms with Crippen LogP contribution in [0.25, 0.3) is 0 Å². The minimum absolute atomic E-state index is 0.179. The van der Waals surface area contributed by atoms with Gasteiger partial charge in [-0.3, -0.25) is 0 Å². The molecular formula is C6H11NO. The van der Waals surface area contributed by atoms with Crippen molar-refractivity contribution in [3.8, 4) is 0 Å². The van der Waals surface area contributed by atoms with Crippen LogP contribution in [-0.4, -0.2) is 17.3 Å². The van der Waals surface area contributed by atoms with Gasteiger partial charge in [-0.15, -0.1) is 0 Å². The van der Waals surface area contributed by atoms with E-state index in [0.29, 0.717) is 0 Å². The molecule has 1 aliphatic rings. The molecule has 2 nitrogen and oxygen atoms in total. The summed E-state index contributed by atoms with van der Waals surface area (Å²) in [6.45, 7) is 0. The molecule has 0 aromatic heterocycles. The SMILES string of the molecule is NC1C=C[C@H](O)CC1. The molecule has 0 spiro atoms. The summed E-state index contributed by atoms with van der Waals surface area (Å²) >= 11 is 0. The standard InChI is InChI=1S/C6H11NO/c7-5-1-3-6(8)4-2-5/h1,3,5-6,8H,2,4,7H2/t5?,6-/m0/s1. The molecule has 0 heterocycles. The van der Waals surface area contributed by atoms with Crippen LogP contribution >= 0.6 is 0 Å². The first kappa shape index (κ1) is 5.79. The summed E-state index contributed by atoms with van der Waals surface area (Å²) in [5, 5.41) is 8.88. The minimum Gasteiger partial charge on any atom is -0.389 e. The summed E-state index contributed by atoms with van der Waals surface area (Å²) in [6, 6.07) is 0.179. The Morgan fingerprint density at radius 1 is 1.38 bits per heavy atom. The topological polar surface area (TPSA) is 46.2 Å². The fourth-order valence-corrected chi connectivity index (χ4v) is 0.827. The van der Waals surface area contributed by atoms with Gasteiger partial charge in [0, 0.05) is 6.04 Å². The Hall–Kier alpha value is -0.340. The first-order chi connectivity index (χ1) is 3.79. The highest BCUT2D eigenvalue weighted by atomic mass is 16.3. The van der Waals surface area contributed by atoms with E-state index in [4.69, 9.17) is 10.8 Å². The molecule has 3 N–H and O–H groups in total. The van der Waals surface area contributed by atoms with E-state index in [9.17, 15) is 0 Å². The maximum absolute atomic E-state index is 8.88. The Morgan fingerprint density at radius 2 is 2.12 bits per heavy atom. The van der Waals surface area contributed by atoms with Gasteiger partial charge in [0.15, 0.2) is 0 Å². The lowest BCUT2D eigenvalue weighted by Gasteiger charge is -2.14. The van der Waals surface area contributed by atoms with Gasteiger partial charge in [-0.25, -0.2) is 0 Å².